The number of nitrogens with zero attached hydrogens (tertiary/aromatic N) is 1. The number of amides is 1. The summed E-state index contributed by atoms with van der Waals surface area (Å²) in [6.07, 6.45) is 6.31. The maximum Gasteiger partial charge on any atom is 0.242 e. The predicted octanol–water partition coefficient (Wildman–Crippen LogP) is 0.879. The van der Waals surface area contributed by atoms with Crippen LogP contribution in [0.15, 0.2) is 0 Å². The van der Waals surface area contributed by atoms with Crippen molar-refractivity contribution in [1.82, 2.24) is 4.90 Å². The minimum absolute atomic E-state index is 0.174. The van der Waals surface area contributed by atoms with Crippen LogP contribution in [0.4, 0.5) is 0 Å². The van der Waals surface area contributed by atoms with Gasteiger partial charge in [0.1, 0.15) is 0 Å². The molecule has 2 aliphatic carbocycles. The number of hydrogen-bond donors (Lipinski definition) is 1. The summed E-state index contributed by atoms with van der Waals surface area (Å²) in [4.78, 5) is 13.8. The van der Waals surface area contributed by atoms with E-state index in [1.54, 1.807) is 0 Å². The van der Waals surface area contributed by atoms with Gasteiger partial charge in [0, 0.05) is 13.1 Å². The fourth-order valence-electron chi connectivity index (χ4n) is 2.20. The van der Waals surface area contributed by atoms with Crippen molar-refractivity contribution in [2.24, 2.45) is 5.73 Å². The first-order chi connectivity index (χ1) is 6.13. The van der Waals surface area contributed by atoms with E-state index in [9.17, 15) is 4.79 Å². The molecular weight excluding hydrogens is 164 g/mol. The third-order valence-corrected chi connectivity index (χ3v) is 3.34. The minimum Gasteiger partial charge on any atom is -0.341 e. The maximum absolute atomic E-state index is 11.9. The van der Waals surface area contributed by atoms with E-state index in [1.807, 2.05) is 11.9 Å². The van der Waals surface area contributed by atoms with Crippen LogP contribution < -0.4 is 5.73 Å². The van der Waals surface area contributed by atoms with Gasteiger partial charge in [0.25, 0.3) is 0 Å². The lowest BCUT2D eigenvalue weighted by Crippen LogP contribution is -2.52. The van der Waals surface area contributed by atoms with E-state index in [4.69, 9.17) is 5.73 Å². The molecule has 2 N–H and O–H groups in total. The Kier molecular flexibility index (Phi) is 2.06. The van der Waals surface area contributed by atoms with Crippen LogP contribution in [0.3, 0.4) is 0 Å². The average molecular weight is 182 g/mol. The zero-order valence-electron chi connectivity index (χ0n) is 8.25. The lowest BCUT2D eigenvalue weighted by Gasteiger charge is -2.28. The molecule has 2 aliphatic rings. The van der Waals surface area contributed by atoms with E-state index in [0.717, 1.165) is 25.7 Å². The third kappa shape index (κ3) is 1.57. The molecule has 0 aromatic carbocycles. The average Bonchev–Trinajstić information content (AvgIpc) is 2.88. The molecule has 0 aromatic heterocycles. The molecule has 74 valence electrons. The van der Waals surface area contributed by atoms with E-state index in [0.29, 0.717) is 6.04 Å². The summed E-state index contributed by atoms with van der Waals surface area (Å²) in [6.45, 7) is 0. The second-order valence-corrected chi connectivity index (χ2v) is 4.51. The van der Waals surface area contributed by atoms with E-state index in [1.165, 1.54) is 12.8 Å². The number of nitrogens with two attached hydrogens (primary N) is 1. The van der Waals surface area contributed by atoms with E-state index in [2.05, 4.69) is 0 Å². The standard InChI is InChI=1S/C10H18N2O/c1-12(8-4-5-8)9(13)10(11)6-2-3-7-10/h8H,2-7,11H2,1H3. The highest BCUT2D eigenvalue weighted by molar-refractivity contribution is 5.86. The Labute approximate surface area is 79.3 Å². The molecule has 1 amide bonds. The fourth-order valence-corrected chi connectivity index (χ4v) is 2.20. The van der Waals surface area contributed by atoms with Crippen LogP contribution in [0.25, 0.3) is 0 Å². The highest BCUT2D eigenvalue weighted by Crippen LogP contribution is 2.33. The second kappa shape index (κ2) is 2.98. The summed E-state index contributed by atoms with van der Waals surface area (Å²) in [6, 6.07) is 0.494. The first-order valence-corrected chi connectivity index (χ1v) is 5.20. The van der Waals surface area contributed by atoms with Gasteiger partial charge >= 0.3 is 0 Å². The van der Waals surface area contributed by atoms with Gasteiger partial charge in [-0.1, -0.05) is 12.8 Å². The van der Waals surface area contributed by atoms with Crippen molar-refractivity contribution < 1.29 is 4.79 Å². The summed E-state index contributed by atoms with van der Waals surface area (Å²) < 4.78 is 0. The summed E-state index contributed by atoms with van der Waals surface area (Å²) in [5.74, 6) is 0.174. The quantitative estimate of drug-likeness (QED) is 0.689. The van der Waals surface area contributed by atoms with Crippen molar-refractivity contribution in [2.75, 3.05) is 7.05 Å². The van der Waals surface area contributed by atoms with Crippen molar-refractivity contribution in [3.8, 4) is 0 Å². The van der Waals surface area contributed by atoms with Crippen LogP contribution >= 0.6 is 0 Å². The van der Waals surface area contributed by atoms with Crippen molar-refractivity contribution in [3.63, 3.8) is 0 Å². The van der Waals surface area contributed by atoms with Crippen molar-refractivity contribution >= 4 is 5.91 Å². The Bertz CT molecular complexity index is 217. The molecule has 0 saturated heterocycles. The van der Waals surface area contributed by atoms with Crippen LogP contribution in [0.1, 0.15) is 38.5 Å². The second-order valence-electron chi connectivity index (χ2n) is 4.51. The SMILES string of the molecule is CN(C(=O)C1(N)CCCC1)C1CC1. The molecule has 3 heteroatoms. The van der Waals surface area contributed by atoms with Gasteiger partial charge in [0.15, 0.2) is 0 Å². The molecule has 0 aromatic rings. The molecule has 13 heavy (non-hydrogen) atoms. The molecule has 0 spiro atoms. The molecule has 2 saturated carbocycles. The number of carbonyl (C=O) groups is 1. The van der Waals surface area contributed by atoms with Crippen LogP contribution in [0, 0.1) is 0 Å². The summed E-state index contributed by atoms with van der Waals surface area (Å²) in [5, 5.41) is 0. The number of hydrogen-bond acceptors (Lipinski definition) is 2. The molecule has 0 unspecified atom stereocenters. The summed E-state index contributed by atoms with van der Waals surface area (Å²) in [7, 11) is 1.90. The van der Waals surface area contributed by atoms with Gasteiger partial charge in [-0.2, -0.15) is 0 Å². The van der Waals surface area contributed by atoms with Crippen molar-refractivity contribution in [1.29, 1.82) is 0 Å². The molecule has 0 atom stereocenters. The van der Waals surface area contributed by atoms with Gasteiger partial charge in [-0.15, -0.1) is 0 Å². The monoisotopic (exact) mass is 182 g/mol. The molecule has 3 nitrogen and oxygen atoms in total. The third-order valence-electron chi connectivity index (χ3n) is 3.34. The summed E-state index contributed by atoms with van der Waals surface area (Å²) in [5.41, 5.74) is 5.56. The lowest BCUT2D eigenvalue weighted by molar-refractivity contribution is -0.136. The number of likely N-dealkylation sites (N-methyl/N-ethyl adjacent to an activating group) is 1. The Balaban J connectivity index is 2.01. The Hall–Kier alpha value is -0.570. The van der Waals surface area contributed by atoms with Gasteiger partial charge in [-0.25, -0.2) is 0 Å². The molecule has 2 rings (SSSR count). The molecule has 0 bridgehead atoms. The number of rotatable bonds is 2. The minimum atomic E-state index is -0.517. The van der Waals surface area contributed by atoms with E-state index < -0.39 is 5.54 Å². The highest BCUT2D eigenvalue weighted by Gasteiger charge is 2.42. The Morgan fingerprint density at radius 1 is 1.38 bits per heavy atom. The van der Waals surface area contributed by atoms with Gasteiger partial charge < -0.3 is 10.6 Å². The Morgan fingerprint density at radius 2 is 1.92 bits per heavy atom. The van der Waals surface area contributed by atoms with Gasteiger partial charge in [-0.3, -0.25) is 4.79 Å². The normalized spacial score (nSPS) is 26.0. The zero-order chi connectivity index (χ0) is 9.47. The van der Waals surface area contributed by atoms with Gasteiger partial charge in [-0.05, 0) is 25.7 Å². The summed E-state index contributed by atoms with van der Waals surface area (Å²) >= 11 is 0. The van der Waals surface area contributed by atoms with Crippen molar-refractivity contribution in [3.05, 3.63) is 0 Å². The molecule has 0 aliphatic heterocycles. The van der Waals surface area contributed by atoms with Crippen LogP contribution in [0.5, 0.6) is 0 Å². The van der Waals surface area contributed by atoms with E-state index in [-0.39, 0.29) is 5.91 Å². The van der Waals surface area contributed by atoms with Gasteiger partial charge in [0.2, 0.25) is 5.91 Å². The predicted molar refractivity (Wildman–Crippen MR) is 51.2 cm³/mol. The lowest BCUT2D eigenvalue weighted by atomic mass is 9.97. The topological polar surface area (TPSA) is 46.3 Å². The van der Waals surface area contributed by atoms with E-state index >= 15 is 0 Å². The largest absolute Gasteiger partial charge is 0.341 e. The molecular formula is C10H18N2O. The first-order valence-electron chi connectivity index (χ1n) is 5.20. The zero-order valence-corrected chi connectivity index (χ0v) is 8.25. The van der Waals surface area contributed by atoms with Crippen molar-refractivity contribution in [2.45, 2.75) is 50.1 Å². The maximum atomic E-state index is 11.9. The highest BCUT2D eigenvalue weighted by atomic mass is 16.2. The van der Waals surface area contributed by atoms with Crippen LogP contribution in [0.2, 0.25) is 0 Å². The fraction of sp³-hybridized carbons (Fsp3) is 0.900. The first kappa shape index (κ1) is 9.00. The molecule has 0 heterocycles. The Morgan fingerprint density at radius 3 is 2.38 bits per heavy atom. The van der Waals surface area contributed by atoms with Gasteiger partial charge in [0.05, 0.1) is 5.54 Å². The molecule has 0 radical (unpaired) electrons. The number of carbonyl (C=O) groups excluding carboxylic acids is 1. The molecule has 2 fully saturated rings. The van der Waals surface area contributed by atoms with Crippen LogP contribution in [-0.4, -0.2) is 29.4 Å². The smallest absolute Gasteiger partial charge is 0.242 e. The van der Waals surface area contributed by atoms with Crippen LogP contribution in [-0.2, 0) is 4.79 Å².